The van der Waals surface area contributed by atoms with Crippen molar-refractivity contribution in [3.05, 3.63) is 203 Å². The average Bonchev–Trinajstić information content (AvgIpc) is 3.74. The van der Waals surface area contributed by atoms with Crippen molar-refractivity contribution < 1.29 is 5.11 Å². The largest absolute Gasteiger partial charge is 0.507 e. The highest BCUT2D eigenvalue weighted by Crippen LogP contribution is 2.50. The van der Waals surface area contributed by atoms with Crippen LogP contribution in [0.2, 0.25) is 0 Å². The molecule has 0 atom stereocenters. The third-order valence-electron chi connectivity index (χ3n) is 15.7. The first-order valence-electron chi connectivity index (χ1n) is 25.5. The normalized spacial score (nSPS) is 14.6. The smallest absolute Gasteiger partial charge is 0.149 e. The van der Waals surface area contributed by atoms with Crippen LogP contribution in [0.1, 0.15) is 129 Å². The molecule has 0 aliphatic heterocycles. The molecule has 10 rings (SSSR count). The van der Waals surface area contributed by atoms with Gasteiger partial charge in [0.15, 0.2) is 0 Å². The molecule has 4 nitrogen and oxygen atoms in total. The summed E-state index contributed by atoms with van der Waals surface area (Å²) < 4.78 is 2.31. The van der Waals surface area contributed by atoms with Gasteiger partial charge in [0.2, 0.25) is 0 Å². The fourth-order valence-corrected chi connectivity index (χ4v) is 10.8. The molecule has 0 spiro atoms. The maximum Gasteiger partial charge on any atom is 0.149 e. The minimum atomic E-state index is -0.156. The average molecular weight is 932 g/mol. The Balaban J connectivity index is 1.17. The van der Waals surface area contributed by atoms with Crippen LogP contribution in [0.15, 0.2) is 170 Å². The van der Waals surface area contributed by atoms with Gasteiger partial charge >= 0.3 is 0 Å². The van der Waals surface area contributed by atoms with Crippen LogP contribution in [0.25, 0.3) is 72.7 Å². The predicted molar refractivity (Wildman–Crippen MR) is 299 cm³/mol. The summed E-state index contributed by atoms with van der Waals surface area (Å²) in [5, 5.41) is 12.4. The highest BCUT2D eigenvalue weighted by atomic mass is 16.3. The van der Waals surface area contributed by atoms with Crippen molar-refractivity contribution in [2.24, 2.45) is 0 Å². The first-order chi connectivity index (χ1) is 33.6. The van der Waals surface area contributed by atoms with Crippen LogP contribution in [-0.2, 0) is 27.1 Å². The van der Waals surface area contributed by atoms with Crippen LogP contribution in [0.5, 0.6) is 5.75 Å². The van der Waals surface area contributed by atoms with E-state index in [1.165, 1.54) is 33.4 Å². The van der Waals surface area contributed by atoms with Gasteiger partial charge in [0.1, 0.15) is 11.6 Å². The molecule has 0 amide bonds. The van der Waals surface area contributed by atoms with E-state index >= 15 is 0 Å². The summed E-state index contributed by atoms with van der Waals surface area (Å²) in [5.41, 5.74) is 19.2. The second-order valence-electron chi connectivity index (χ2n) is 24.0. The Morgan fingerprint density at radius 2 is 1.07 bits per heavy atom. The molecule has 71 heavy (non-hydrogen) atoms. The molecule has 7 aromatic carbocycles. The van der Waals surface area contributed by atoms with Gasteiger partial charge in [-0.25, -0.2) is 4.98 Å². The number of hydrogen-bond acceptors (Lipinski definition) is 3. The van der Waals surface area contributed by atoms with E-state index in [0.29, 0.717) is 5.82 Å². The molecule has 0 saturated heterocycles. The van der Waals surface area contributed by atoms with Gasteiger partial charge in [-0.3, -0.25) is 9.55 Å². The van der Waals surface area contributed by atoms with Gasteiger partial charge in [-0.05, 0) is 145 Å². The third kappa shape index (κ3) is 8.81. The van der Waals surface area contributed by atoms with Gasteiger partial charge in [-0.1, -0.05) is 192 Å². The topological polar surface area (TPSA) is 50.9 Å². The number of aromatic nitrogens is 3. The molecule has 358 valence electrons. The van der Waals surface area contributed by atoms with Gasteiger partial charge in [-0.2, -0.15) is 0 Å². The molecule has 4 heteroatoms. The highest BCUT2D eigenvalue weighted by molar-refractivity contribution is 5.98. The lowest BCUT2D eigenvalue weighted by Gasteiger charge is -2.42. The monoisotopic (exact) mass is 932 g/mol. The van der Waals surface area contributed by atoms with Crippen molar-refractivity contribution in [1.82, 2.24) is 14.5 Å². The molecule has 0 radical (unpaired) electrons. The van der Waals surface area contributed by atoms with Crippen molar-refractivity contribution >= 4 is 11.0 Å². The molecule has 1 aliphatic carbocycles. The minimum Gasteiger partial charge on any atom is -0.507 e. The number of hydrogen-bond donors (Lipinski definition) is 1. The van der Waals surface area contributed by atoms with E-state index in [1.54, 1.807) is 0 Å². The van der Waals surface area contributed by atoms with Gasteiger partial charge in [0.25, 0.3) is 0 Å². The van der Waals surface area contributed by atoms with Crippen LogP contribution in [0.3, 0.4) is 0 Å². The van der Waals surface area contributed by atoms with E-state index < -0.39 is 0 Å². The lowest BCUT2D eigenvalue weighted by molar-refractivity contribution is 0.330. The zero-order chi connectivity index (χ0) is 50.3. The fourth-order valence-electron chi connectivity index (χ4n) is 10.8. The Hall–Kier alpha value is -7.04. The van der Waals surface area contributed by atoms with Crippen molar-refractivity contribution in [2.45, 2.75) is 123 Å². The number of aromatic hydroxyl groups is 1. The Morgan fingerprint density at radius 1 is 0.465 bits per heavy atom. The van der Waals surface area contributed by atoms with E-state index in [2.05, 4.69) is 245 Å². The molecule has 2 aromatic heterocycles. The third-order valence-corrected chi connectivity index (χ3v) is 15.7. The van der Waals surface area contributed by atoms with Crippen molar-refractivity contribution in [2.75, 3.05) is 0 Å². The zero-order valence-corrected chi connectivity index (χ0v) is 43.9. The van der Waals surface area contributed by atoms with E-state index in [0.717, 1.165) is 79.8 Å². The Labute approximate surface area is 422 Å². The van der Waals surface area contributed by atoms with Gasteiger partial charge in [0, 0.05) is 28.3 Å². The van der Waals surface area contributed by atoms with Crippen molar-refractivity contribution in [3.8, 4) is 67.5 Å². The fraction of sp³-hybridized carbons (Fsp3) is 0.284. The van der Waals surface area contributed by atoms with Crippen molar-refractivity contribution in [1.29, 1.82) is 0 Å². The molecule has 1 N–H and O–H groups in total. The van der Waals surface area contributed by atoms with E-state index in [1.807, 2.05) is 12.3 Å². The zero-order valence-electron chi connectivity index (χ0n) is 43.9. The van der Waals surface area contributed by atoms with Crippen molar-refractivity contribution in [3.63, 3.8) is 0 Å². The number of imidazole rings is 1. The summed E-state index contributed by atoms with van der Waals surface area (Å²) in [6, 6.07) is 59.4. The van der Waals surface area contributed by atoms with Crippen LogP contribution in [0.4, 0.5) is 0 Å². The van der Waals surface area contributed by atoms with Crippen LogP contribution in [-0.4, -0.2) is 19.6 Å². The molecule has 9 aromatic rings. The van der Waals surface area contributed by atoms with E-state index in [-0.39, 0.29) is 32.8 Å². The predicted octanol–water partition coefficient (Wildman–Crippen LogP) is 17.7. The first kappa shape index (κ1) is 47.6. The summed E-state index contributed by atoms with van der Waals surface area (Å²) >= 11 is 0. The molecule has 0 unspecified atom stereocenters. The Kier molecular flexibility index (Phi) is 11.7. The minimum absolute atomic E-state index is 0.0636. The Morgan fingerprint density at radius 3 is 1.73 bits per heavy atom. The number of phenols is 1. The molecule has 2 heterocycles. The van der Waals surface area contributed by atoms with Gasteiger partial charge < -0.3 is 5.11 Å². The molecule has 1 aliphatic rings. The summed E-state index contributed by atoms with van der Waals surface area (Å²) in [6.07, 6.45) is 4.06. The number of fused-ring (bicyclic) bond motifs is 2. The van der Waals surface area contributed by atoms with Crippen LogP contribution in [0, 0.1) is 0 Å². The molecule has 0 bridgehead atoms. The molecular weight excluding hydrogens is 863 g/mol. The number of phenolic OH excluding ortho intramolecular Hbond substituents is 1. The maximum absolute atomic E-state index is 12.4. The molecule has 0 saturated carbocycles. The molecular formula is C67H69N3O. The number of rotatable bonds is 8. The van der Waals surface area contributed by atoms with Gasteiger partial charge in [0.05, 0.1) is 28.0 Å². The Bertz CT molecular complexity index is 3450. The summed E-state index contributed by atoms with van der Waals surface area (Å²) in [6.45, 7) is 27.5. The first-order valence-corrected chi connectivity index (χ1v) is 25.5. The lowest BCUT2D eigenvalue weighted by Crippen LogP contribution is -2.33. The standard InChI is InChI=1S/C67H69N3O/c1-63(2,3)50-30-31-58(53(40-50)44-20-15-13-16-21-44)70-59-25-19-24-52(61(59)69-62(70)54-41-55-56(42-60(54)71)66(9,10)34-33-65(55,7)8)46-36-47(38-51(37-46)64(4,5)6)57-39-45(32-35-68-57)43-26-28-49(29-27-43)67(11,12)48-22-17-14-18-23-48/h13-32,35-42,71H,33-34H2,1-12H3. The van der Waals surface area contributed by atoms with Gasteiger partial charge in [-0.15, -0.1) is 0 Å². The van der Waals surface area contributed by atoms with E-state index in [4.69, 9.17) is 9.97 Å². The summed E-state index contributed by atoms with van der Waals surface area (Å²) in [4.78, 5) is 10.7. The second-order valence-corrected chi connectivity index (χ2v) is 24.0. The van der Waals surface area contributed by atoms with Crippen LogP contribution >= 0.6 is 0 Å². The quantitative estimate of drug-likeness (QED) is 0.165. The SMILES string of the molecule is CC(C)(C)c1cc(-c2cc(-c3ccc(C(C)(C)c4ccccc4)cc3)ccn2)cc(-c2cccc3c2nc(-c2cc4c(cc2O)C(C)(C)CCC4(C)C)n3-c2ccc(C(C)(C)C)cc2-c2ccccc2)c1. The lowest BCUT2D eigenvalue weighted by atomic mass is 9.63. The second kappa shape index (κ2) is 17.4. The summed E-state index contributed by atoms with van der Waals surface area (Å²) in [7, 11) is 0. The number of nitrogens with zero attached hydrogens (tertiary/aromatic N) is 3. The maximum atomic E-state index is 12.4. The molecule has 0 fully saturated rings. The number of pyridine rings is 1. The highest BCUT2D eigenvalue weighted by Gasteiger charge is 2.39. The number of para-hydroxylation sites is 1. The number of benzene rings is 7. The van der Waals surface area contributed by atoms with Crippen LogP contribution < -0.4 is 0 Å². The summed E-state index contributed by atoms with van der Waals surface area (Å²) in [5.74, 6) is 0.963. The van der Waals surface area contributed by atoms with E-state index in [9.17, 15) is 5.11 Å².